The Bertz CT molecular complexity index is 355. The van der Waals surface area contributed by atoms with Crippen LogP contribution in [0.15, 0.2) is 0 Å². The first-order valence-electron chi connectivity index (χ1n) is 8.32. The van der Waals surface area contributed by atoms with E-state index >= 15 is 0 Å². The summed E-state index contributed by atoms with van der Waals surface area (Å²) in [6, 6.07) is -0.547. The Kier molecular flexibility index (Phi) is 5.83. The van der Waals surface area contributed by atoms with E-state index in [1.54, 1.807) is 13.8 Å². The Balaban J connectivity index is 1.90. The molecule has 5 nitrogen and oxygen atoms in total. The average molecular weight is 319 g/mol. The van der Waals surface area contributed by atoms with Crippen molar-refractivity contribution in [2.75, 3.05) is 19.7 Å². The lowest BCUT2D eigenvalue weighted by molar-refractivity contribution is -0.148. The molecule has 2 fully saturated rings. The van der Waals surface area contributed by atoms with Gasteiger partial charge in [0.1, 0.15) is 17.9 Å². The van der Waals surface area contributed by atoms with Gasteiger partial charge < -0.3 is 20.4 Å². The van der Waals surface area contributed by atoms with Gasteiger partial charge in [-0.2, -0.15) is 0 Å². The molecule has 1 aliphatic heterocycles. The Morgan fingerprint density at radius 3 is 2.14 bits per heavy atom. The van der Waals surface area contributed by atoms with Crippen molar-refractivity contribution in [3.8, 4) is 0 Å². The first-order valence-corrected chi connectivity index (χ1v) is 8.32. The second-order valence-corrected chi connectivity index (χ2v) is 7.53. The van der Waals surface area contributed by atoms with Gasteiger partial charge in [0.2, 0.25) is 0 Å². The van der Waals surface area contributed by atoms with Gasteiger partial charge in [-0.1, -0.05) is 0 Å². The van der Waals surface area contributed by atoms with Crippen molar-refractivity contribution in [2.45, 2.75) is 69.6 Å². The van der Waals surface area contributed by atoms with Crippen LogP contribution in [0.25, 0.3) is 0 Å². The molecule has 1 saturated carbocycles. The molecule has 4 atom stereocenters. The molecule has 22 heavy (non-hydrogen) atoms. The molecular formula is C16H30FNO4. The molecule has 0 amide bonds. The number of β-amino-alcohol motifs (C(OH)–C–C–N with tert-alkyl or cyclic N) is 1. The maximum absolute atomic E-state index is 14.0. The molecule has 0 radical (unpaired) electrons. The largest absolute Gasteiger partial charge is 0.395 e. The van der Waals surface area contributed by atoms with Gasteiger partial charge in [-0.3, -0.25) is 4.90 Å². The van der Waals surface area contributed by atoms with Crippen molar-refractivity contribution in [2.24, 2.45) is 11.8 Å². The summed E-state index contributed by atoms with van der Waals surface area (Å²) in [6.07, 6.45) is 0.173. The van der Waals surface area contributed by atoms with Gasteiger partial charge in [-0.15, -0.1) is 0 Å². The summed E-state index contributed by atoms with van der Waals surface area (Å²) in [7, 11) is 0. The van der Waals surface area contributed by atoms with E-state index in [0.717, 1.165) is 25.7 Å². The molecule has 1 heterocycles. The highest BCUT2D eigenvalue weighted by atomic mass is 19.1. The minimum Gasteiger partial charge on any atom is -0.395 e. The maximum Gasteiger partial charge on any atom is 0.109 e. The fourth-order valence-electron chi connectivity index (χ4n) is 3.95. The SMILES string of the molecule is CC(C)(F)[C@H]1CC[C@@H](CN2C[C@H](O)[C@@H](O)[C@H](O)[C@@H]2CO)CC1. The smallest absolute Gasteiger partial charge is 0.109 e. The van der Waals surface area contributed by atoms with Crippen LogP contribution in [0.3, 0.4) is 0 Å². The second kappa shape index (κ2) is 7.09. The maximum atomic E-state index is 14.0. The standard InChI is InChI=1S/C16H30FNO4/c1-16(2,17)11-5-3-10(4-6-11)7-18-8-13(20)15(22)14(21)12(18)9-19/h10-15,19-22H,3-9H2,1-2H3/t10-,11+,12-,13-,14+,15+/m0/s1. The third-order valence-corrected chi connectivity index (χ3v) is 5.53. The zero-order valence-corrected chi connectivity index (χ0v) is 13.5. The zero-order valence-electron chi connectivity index (χ0n) is 13.5. The normalized spacial score (nSPS) is 41.6. The van der Waals surface area contributed by atoms with Crippen molar-refractivity contribution in [3.05, 3.63) is 0 Å². The number of halogens is 1. The molecule has 0 aromatic carbocycles. The molecule has 2 aliphatic rings. The Morgan fingerprint density at radius 2 is 1.64 bits per heavy atom. The van der Waals surface area contributed by atoms with Crippen LogP contribution in [-0.2, 0) is 0 Å². The lowest BCUT2D eigenvalue weighted by atomic mass is 9.75. The minimum atomic E-state index is -1.21. The van der Waals surface area contributed by atoms with E-state index in [0.29, 0.717) is 12.5 Å². The number of nitrogens with zero attached hydrogens (tertiary/aromatic N) is 1. The summed E-state index contributed by atoms with van der Waals surface area (Å²) in [5, 5.41) is 39.0. The third-order valence-electron chi connectivity index (χ3n) is 5.53. The summed E-state index contributed by atoms with van der Waals surface area (Å²) in [5.41, 5.74) is -1.14. The molecule has 0 aromatic heterocycles. The van der Waals surface area contributed by atoms with Gasteiger partial charge >= 0.3 is 0 Å². The molecule has 130 valence electrons. The quantitative estimate of drug-likeness (QED) is 0.599. The number of piperidine rings is 1. The minimum absolute atomic E-state index is 0.0942. The Morgan fingerprint density at radius 1 is 1.05 bits per heavy atom. The van der Waals surface area contributed by atoms with E-state index in [-0.39, 0.29) is 19.1 Å². The molecule has 6 heteroatoms. The first kappa shape index (κ1) is 18.1. The summed E-state index contributed by atoms with van der Waals surface area (Å²) in [4.78, 5) is 1.87. The van der Waals surface area contributed by atoms with Crippen molar-refractivity contribution in [1.29, 1.82) is 0 Å². The second-order valence-electron chi connectivity index (χ2n) is 7.53. The van der Waals surface area contributed by atoms with Crippen LogP contribution in [0.2, 0.25) is 0 Å². The van der Waals surface area contributed by atoms with Gasteiger partial charge in [0.05, 0.1) is 18.8 Å². The van der Waals surface area contributed by atoms with E-state index in [4.69, 9.17) is 0 Å². The van der Waals surface area contributed by atoms with Crippen LogP contribution >= 0.6 is 0 Å². The van der Waals surface area contributed by atoms with Crippen LogP contribution in [0, 0.1) is 11.8 Å². The van der Waals surface area contributed by atoms with Gasteiger partial charge in [-0.25, -0.2) is 4.39 Å². The highest BCUT2D eigenvalue weighted by Crippen LogP contribution is 2.38. The zero-order chi connectivity index (χ0) is 16.5. The fraction of sp³-hybridized carbons (Fsp3) is 1.00. The molecular weight excluding hydrogens is 289 g/mol. The molecule has 2 rings (SSSR count). The third kappa shape index (κ3) is 3.97. The predicted molar refractivity (Wildman–Crippen MR) is 81.1 cm³/mol. The summed E-state index contributed by atoms with van der Waals surface area (Å²) < 4.78 is 14.0. The Labute approximate surface area is 131 Å². The molecule has 0 unspecified atom stereocenters. The van der Waals surface area contributed by atoms with Crippen molar-refractivity contribution >= 4 is 0 Å². The first-order chi connectivity index (χ1) is 10.2. The van der Waals surface area contributed by atoms with Crippen LogP contribution in [0.1, 0.15) is 39.5 Å². The van der Waals surface area contributed by atoms with E-state index < -0.39 is 30.0 Å². The lowest BCUT2D eigenvalue weighted by Crippen LogP contribution is -2.63. The van der Waals surface area contributed by atoms with Crippen LogP contribution in [0.5, 0.6) is 0 Å². The number of rotatable bonds is 4. The van der Waals surface area contributed by atoms with Gasteiger partial charge in [0, 0.05) is 13.1 Å². The van der Waals surface area contributed by atoms with E-state index in [1.807, 2.05) is 4.90 Å². The van der Waals surface area contributed by atoms with E-state index in [1.165, 1.54) is 0 Å². The number of hydrogen-bond donors (Lipinski definition) is 4. The number of hydrogen-bond acceptors (Lipinski definition) is 5. The van der Waals surface area contributed by atoms with Crippen LogP contribution in [0.4, 0.5) is 4.39 Å². The predicted octanol–water partition coefficient (Wildman–Crippen LogP) is 0.300. The summed E-state index contributed by atoms with van der Waals surface area (Å²) in [5.74, 6) is 0.471. The lowest BCUT2D eigenvalue weighted by Gasteiger charge is -2.45. The number of likely N-dealkylation sites (tertiary alicyclic amines) is 1. The molecule has 1 saturated heterocycles. The Hall–Kier alpha value is -0.270. The molecule has 0 spiro atoms. The average Bonchev–Trinajstić information content (AvgIpc) is 2.45. The monoisotopic (exact) mass is 319 g/mol. The fourth-order valence-corrected chi connectivity index (χ4v) is 3.95. The van der Waals surface area contributed by atoms with Gasteiger partial charge in [0.25, 0.3) is 0 Å². The molecule has 1 aliphatic carbocycles. The van der Waals surface area contributed by atoms with Crippen LogP contribution < -0.4 is 0 Å². The van der Waals surface area contributed by atoms with E-state index in [9.17, 15) is 24.8 Å². The van der Waals surface area contributed by atoms with Gasteiger partial charge in [0.15, 0.2) is 0 Å². The number of alkyl halides is 1. The molecule has 0 bridgehead atoms. The summed E-state index contributed by atoms with van der Waals surface area (Å²) >= 11 is 0. The van der Waals surface area contributed by atoms with Gasteiger partial charge in [-0.05, 0) is 51.4 Å². The van der Waals surface area contributed by atoms with Crippen molar-refractivity contribution < 1.29 is 24.8 Å². The highest BCUT2D eigenvalue weighted by Gasteiger charge is 2.42. The van der Waals surface area contributed by atoms with Crippen molar-refractivity contribution in [3.63, 3.8) is 0 Å². The van der Waals surface area contributed by atoms with Crippen LogP contribution in [-0.4, -0.2) is 75.0 Å². The number of aliphatic hydroxyl groups excluding tert-OH is 4. The molecule has 4 N–H and O–H groups in total. The topological polar surface area (TPSA) is 84.2 Å². The van der Waals surface area contributed by atoms with E-state index in [2.05, 4.69) is 0 Å². The number of aliphatic hydroxyl groups is 4. The summed E-state index contributed by atoms with van der Waals surface area (Å²) in [6.45, 7) is 3.93. The highest BCUT2D eigenvalue weighted by molar-refractivity contribution is 4.95. The molecule has 0 aromatic rings. The van der Waals surface area contributed by atoms with Crippen molar-refractivity contribution in [1.82, 2.24) is 4.90 Å².